The van der Waals surface area contributed by atoms with Crippen molar-refractivity contribution in [2.24, 2.45) is 5.92 Å². The van der Waals surface area contributed by atoms with Crippen LogP contribution in [0.15, 0.2) is 0 Å². The zero-order valence-corrected chi connectivity index (χ0v) is 11.7. The van der Waals surface area contributed by atoms with Crippen molar-refractivity contribution in [2.75, 3.05) is 33.4 Å². The number of ketones is 1. The second kappa shape index (κ2) is 6.64. The first-order valence-corrected chi connectivity index (χ1v) is 7.17. The summed E-state index contributed by atoms with van der Waals surface area (Å²) < 4.78 is 5.57. The average Bonchev–Trinajstić information content (AvgIpc) is 2.34. The maximum atomic E-state index is 11.3. The van der Waals surface area contributed by atoms with E-state index < -0.39 is 0 Å². The van der Waals surface area contributed by atoms with E-state index in [4.69, 9.17) is 4.74 Å². The molecule has 2 saturated heterocycles. The molecule has 104 valence electrons. The van der Waals surface area contributed by atoms with Crippen LogP contribution in [-0.2, 0) is 9.53 Å². The average molecular weight is 254 g/mol. The topological polar surface area (TPSA) is 41.6 Å². The van der Waals surface area contributed by atoms with Gasteiger partial charge in [0.05, 0.1) is 6.61 Å². The van der Waals surface area contributed by atoms with E-state index in [9.17, 15) is 4.79 Å². The van der Waals surface area contributed by atoms with Crippen molar-refractivity contribution in [2.45, 2.75) is 44.7 Å². The van der Waals surface area contributed by atoms with Gasteiger partial charge in [-0.05, 0) is 52.2 Å². The Labute approximate surface area is 110 Å². The standard InChI is InChI=1S/C14H26N2O2/c1-11(17)9-12-5-8-18-10-14(12)15-13-3-6-16(2)7-4-13/h12-15H,3-10H2,1-2H3. The number of carbonyl (C=O) groups excluding carboxylic acids is 1. The molecule has 2 aliphatic rings. The Balaban J connectivity index is 1.83. The molecule has 2 fully saturated rings. The van der Waals surface area contributed by atoms with Gasteiger partial charge in [-0.2, -0.15) is 0 Å². The molecule has 18 heavy (non-hydrogen) atoms. The van der Waals surface area contributed by atoms with Crippen molar-refractivity contribution < 1.29 is 9.53 Å². The zero-order chi connectivity index (χ0) is 13.0. The molecule has 0 amide bonds. The van der Waals surface area contributed by atoms with E-state index in [0.717, 1.165) is 19.6 Å². The van der Waals surface area contributed by atoms with Gasteiger partial charge in [0.1, 0.15) is 5.78 Å². The van der Waals surface area contributed by atoms with E-state index in [1.807, 2.05) is 0 Å². The molecular formula is C14H26N2O2. The lowest BCUT2D eigenvalue weighted by atomic mass is 9.89. The van der Waals surface area contributed by atoms with Gasteiger partial charge in [-0.1, -0.05) is 0 Å². The number of rotatable bonds is 4. The van der Waals surface area contributed by atoms with Crippen LogP contribution in [0.1, 0.15) is 32.6 Å². The third-order valence-electron chi connectivity index (χ3n) is 4.22. The molecule has 0 aromatic rings. The molecule has 2 heterocycles. The van der Waals surface area contributed by atoms with Crippen LogP contribution < -0.4 is 5.32 Å². The molecule has 4 heteroatoms. The van der Waals surface area contributed by atoms with Crippen LogP contribution in [0.4, 0.5) is 0 Å². The number of ether oxygens (including phenoxy) is 1. The Morgan fingerprint density at radius 3 is 2.72 bits per heavy atom. The van der Waals surface area contributed by atoms with Gasteiger partial charge in [0.2, 0.25) is 0 Å². The van der Waals surface area contributed by atoms with Gasteiger partial charge in [0.25, 0.3) is 0 Å². The predicted octanol–water partition coefficient (Wildman–Crippen LogP) is 1.05. The first kappa shape index (κ1) is 14.0. The Kier molecular flexibility index (Phi) is 5.15. The highest BCUT2D eigenvalue weighted by Gasteiger charge is 2.29. The summed E-state index contributed by atoms with van der Waals surface area (Å²) in [4.78, 5) is 13.7. The largest absolute Gasteiger partial charge is 0.380 e. The summed E-state index contributed by atoms with van der Waals surface area (Å²) in [5.41, 5.74) is 0. The second-order valence-electron chi connectivity index (χ2n) is 5.88. The first-order valence-electron chi connectivity index (χ1n) is 7.17. The third kappa shape index (κ3) is 4.04. The van der Waals surface area contributed by atoms with Gasteiger partial charge in [-0.3, -0.25) is 0 Å². The lowest BCUT2D eigenvalue weighted by molar-refractivity contribution is -0.119. The zero-order valence-electron chi connectivity index (χ0n) is 11.7. The van der Waals surface area contributed by atoms with Crippen molar-refractivity contribution in [3.05, 3.63) is 0 Å². The molecule has 1 N–H and O–H groups in total. The number of likely N-dealkylation sites (tertiary alicyclic amines) is 1. The molecular weight excluding hydrogens is 228 g/mol. The number of nitrogens with one attached hydrogen (secondary N) is 1. The number of carbonyl (C=O) groups is 1. The van der Waals surface area contributed by atoms with Gasteiger partial charge in [0.15, 0.2) is 0 Å². The fourth-order valence-electron chi connectivity index (χ4n) is 3.06. The Morgan fingerprint density at radius 1 is 1.33 bits per heavy atom. The molecule has 0 saturated carbocycles. The molecule has 0 spiro atoms. The summed E-state index contributed by atoms with van der Waals surface area (Å²) in [5, 5.41) is 3.73. The van der Waals surface area contributed by atoms with Gasteiger partial charge in [-0.25, -0.2) is 0 Å². The maximum absolute atomic E-state index is 11.3. The molecule has 0 radical (unpaired) electrons. The summed E-state index contributed by atoms with van der Waals surface area (Å²) in [6.45, 7) is 5.61. The second-order valence-corrected chi connectivity index (χ2v) is 5.88. The van der Waals surface area contributed by atoms with E-state index in [1.165, 1.54) is 25.9 Å². The Hall–Kier alpha value is -0.450. The van der Waals surface area contributed by atoms with Crippen LogP contribution in [0.2, 0.25) is 0 Å². The molecule has 0 bridgehead atoms. The third-order valence-corrected chi connectivity index (χ3v) is 4.22. The van der Waals surface area contributed by atoms with Crippen molar-refractivity contribution in [3.63, 3.8) is 0 Å². The normalized spacial score (nSPS) is 31.4. The summed E-state index contributed by atoms with van der Waals surface area (Å²) in [5.74, 6) is 0.771. The van der Waals surface area contributed by atoms with Gasteiger partial charge in [0, 0.05) is 25.1 Å². The minimum absolute atomic E-state index is 0.303. The number of nitrogens with zero attached hydrogens (tertiary/aromatic N) is 1. The monoisotopic (exact) mass is 254 g/mol. The Morgan fingerprint density at radius 2 is 2.06 bits per heavy atom. The van der Waals surface area contributed by atoms with Crippen molar-refractivity contribution in [3.8, 4) is 0 Å². The molecule has 2 unspecified atom stereocenters. The van der Waals surface area contributed by atoms with Crippen molar-refractivity contribution in [1.82, 2.24) is 10.2 Å². The SMILES string of the molecule is CC(=O)CC1CCOCC1NC1CCN(C)CC1. The van der Waals surface area contributed by atoms with E-state index >= 15 is 0 Å². The Bertz CT molecular complexity index is 275. The van der Waals surface area contributed by atoms with Crippen LogP contribution in [0.25, 0.3) is 0 Å². The summed E-state index contributed by atoms with van der Waals surface area (Å²) >= 11 is 0. The first-order chi connectivity index (χ1) is 8.65. The summed E-state index contributed by atoms with van der Waals surface area (Å²) in [6.07, 6.45) is 4.14. The number of Topliss-reactive ketones (excluding diaryl/α,β-unsaturated/α-hetero) is 1. The number of hydrogen-bond donors (Lipinski definition) is 1. The minimum Gasteiger partial charge on any atom is -0.380 e. The van der Waals surface area contributed by atoms with E-state index in [-0.39, 0.29) is 0 Å². The number of piperidine rings is 1. The van der Waals surface area contributed by atoms with E-state index in [0.29, 0.717) is 30.2 Å². The van der Waals surface area contributed by atoms with Crippen LogP contribution in [0.3, 0.4) is 0 Å². The van der Waals surface area contributed by atoms with Gasteiger partial charge >= 0.3 is 0 Å². The quantitative estimate of drug-likeness (QED) is 0.814. The lowest BCUT2D eigenvalue weighted by Gasteiger charge is -2.37. The molecule has 4 nitrogen and oxygen atoms in total. The van der Waals surface area contributed by atoms with Gasteiger partial charge in [-0.15, -0.1) is 0 Å². The van der Waals surface area contributed by atoms with Crippen LogP contribution >= 0.6 is 0 Å². The van der Waals surface area contributed by atoms with Crippen LogP contribution in [0.5, 0.6) is 0 Å². The highest BCUT2D eigenvalue weighted by molar-refractivity contribution is 5.75. The fraction of sp³-hybridized carbons (Fsp3) is 0.929. The predicted molar refractivity (Wildman–Crippen MR) is 71.7 cm³/mol. The highest BCUT2D eigenvalue weighted by atomic mass is 16.5. The van der Waals surface area contributed by atoms with Crippen LogP contribution in [-0.4, -0.2) is 56.1 Å². The van der Waals surface area contributed by atoms with Crippen molar-refractivity contribution >= 4 is 5.78 Å². The molecule has 2 aliphatic heterocycles. The highest BCUT2D eigenvalue weighted by Crippen LogP contribution is 2.21. The summed E-state index contributed by atoms with van der Waals surface area (Å²) in [7, 11) is 2.18. The van der Waals surface area contributed by atoms with Gasteiger partial charge < -0.3 is 19.7 Å². The summed E-state index contributed by atoms with van der Waals surface area (Å²) in [6, 6.07) is 0.971. The lowest BCUT2D eigenvalue weighted by Crippen LogP contribution is -2.51. The molecule has 0 aliphatic carbocycles. The van der Waals surface area contributed by atoms with Crippen molar-refractivity contribution in [1.29, 1.82) is 0 Å². The number of hydrogen-bond acceptors (Lipinski definition) is 4. The molecule has 2 atom stereocenters. The molecule has 0 aromatic heterocycles. The molecule has 2 rings (SSSR count). The van der Waals surface area contributed by atoms with E-state index in [2.05, 4.69) is 17.3 Å². The maximum Gasteiger partial charge on any atom is 0.130 e. The molecule has 0 aromatic carbocycles. The van der Waals surface area contributed by atoms with E-state index in [1.54, 1.807) is 6.92 Å². The fourth-order valence-corrected chi connectivity index (χ4v) is 3.06. The smallest absolute Gasteiger partial charge is 0.130 e. The minimum atomic E-state index is 0.303. The van der Waals surface area contributed by atoms with Crippen LogP contribution in [0, 0.1) is 5.92 Å².